The Bertz CT molecular complexity index is 652. The van der Waals surface area contributed by atoms with Gasteiger partial charge in [0.2, 0.25) is 0 Å². The van der Waals surface area contributed by atoms with Crippen molar-refractivity contribution in [2.45, 2.75) is 6.54 Å². The Morgan fingerprint density at radius 3 is 2.74 bits per heavy atom. The Morgan fingerprint density at radius 2 is 2.05 bits per heavy atom. The van der Waals surface area contributed by atoms with Crippen LogP contribution in [-0.4, -0.2) is 0 Å². The summed E-state index contributed by atoms with van der Waals surface area (Å²) in [4.78, 5) is 0. The molecule has 0 saturated heterocycles. The van der Waals surface area contributed by atoms with Crippen LogP contribution in [0, 0.1) is 17.1 Å². The highest BCUT2D eigenvalue weighted by molar-refractivity contribution is 9.10. The number of nitrogens with one attached hydrogen (secondary N) is 1. The number of halogens is 3. The molecule has 0 aliphatic carbocycles. The van der Waals surface area contributed by atoms with Crippen molar-refractivity contribution in [3.8, 4) is 6.07 Å². The lowest BCUT2D eigenvalue weighted by Gasteiger charge is -2.09. The van der Waals surface area contributed by atoms with E-state index in [0.717, 1.165) is 15.7 Å². The van der Waals surface area contributed by atoms with Crippen LogP contribution in [-0.2, 0) is 6.54 Å². The van der Waals surface area contributed by atoms with E-state index in [2.05, 4.69) is 21.2 Å². The van der Waals surface area contributed by atoms with Crippen LogP contribution < -0.4 is 5.32 Å². The van der Waals surface area contributed by atoms with Crippen molar-refractivity contribution in [1.82, 2.24) is 0 Å². The second-order valence-electron chi connectivity index (χ2n) is 3.90. The molecule has 0 unspecified atom stereocenters. The Hall–Kier alpha value is -1.57. The van der Waals surface area contributed by atoms with Gasteiger partial charge >= 0.3 is 0 Å². The normalized spacial score (nSPS) is 10.0. The van der Waals surface area contributed by atoms with E-state index in [1.165, 1.54) is 12.1 Å². The second kappa shape index (κ2) is 6.05. The Morgan fingerprint density at radius 1 is 1.26 bits per heavy atom. The molecule has 0 amide bonds. The number of nitriles is 1. The Kier molecular flexibility index (Phi) is 4.41. The predicted octanol–water partition coefficient (Wildman–Crippen LogP) is 4.73. The van der Waals surface area contributed by atoms with Crippen LogP contribution in [0.5, 0.6) is 0 Å². The zero-order valence-corrected chi connectivity index (χ0v) is 12.1. The van der Waals surface area contributed by atoms with E-state index in [1.807, 2.05) is 18.2 Å². The van der Waals surface area contributed by atoms with Crippen molar-refractivity contribution < 1.29 is 4.39 Å². The number of hydrogen-bond acceptors (Lipinski definition) is 2. The average molecular weight is 340 g/mol. The second-order valence-corrected chi connectivity index (χ2v) is 5.23. The fourth-order valence-electron chi connectivity index (χ4n) is 1.60. The third kappa shape index (κ3) is 3.46. The quantitative estimate of drug-likeness (QED) is 0.878. The number of anilines is 1. The highest BCUT2D eigenvalue weighted by Gasteiger charge is 2.04. The molecule has 0 heterocycles. The molecule has 0 bridgehead atoms. The highest BCUT2D eigenvalue weighted by Crippen LogP contribution is 2.26. The van der Waals surface area contributed by atoms with Gasteiger partial charge in [0.15, 0.2) is 0 Å². The van der Waals surface area contributed by atoms with E-state index < -0.39 is 5.82 Å². The maximum Gasteiger partial charge on any atom is 0.140 e. The Balaban J connectivity index is 2.13. The molecule has 0 saturated carbocycles. The van der Waals surface area contributed by atoms with E-state index in [-0.39, 0.29) is 5.56 Å². The molecule has 0 atom stereocenters. The molecule has 96 valence electrons. The third-order valence-corrected chi connectivity index (χ3v) is 3.37. The van der Waals surface area contributed by atoms with Crippen molar-refractivity contribution >= 4 is 33.2 Å². The fourth-order valence-corrected chi connectivity index (χ4v) is 2.34. The molecule has 0 aliphatic rings. The minimum atomic E-state index is -0.507. The van der Waals surface area contributed by atoms with Gasteiger partial charge < -0.3 is 5.32 Å². The standard InChI is InChI=1S/C14H9BrClFN2/c15-11-2-4-14(12(16)6-11)19-8-9-1-3-13(17)10(5-9)7-18/h1-6,19H,8H2. The molecule has 0 aliphatic heterocycles. The monoisotopic (exact) mass is 338 g/mol. The molecule has 2 aromatic carbocycles. The minimum absolute atomic E-state index is 0.0428. The highest BCUT2D eigenvalue weighted by atomic mass is 79.9. The van der Waals surface area contributed by atoms with Crippen LogP contribution in [0.1, 0.15) is 11.1 Å². The fraction of sp³-hybridized carbons (Fsp3) is 0.0714. The minimum Gasteiger partial charge on any atom is -0.380 e. The van der Waals surface area contributed by atoms with Gasteiger partial charge in [0.25, 0.3) is 0 Å². The smallest absolute Gasteiger partial charge is 0.140 e. The SMILES string of the molecule is N#Cc1cc(CNc2ccc(Br)cc2Cl)ccc1F. The summed E-state index contributed by atoms with van der Waals surface area (Å²) in [7, 11) is 0. The van der Waals surface area contributed by atoms with Crippen molar-refractivity contribution in [1.29, 1.82) is 5.26 Å². The summed E-state index contributed by atoms with van der Waals surface area (Å²) in [6.45, 7) is 0.469. The van der Waals surface area contributed by atoms with E-state index in [0.29, 0.717) is 11.6 Å². The Labute approximate surface area is 123 Å². The van der Waals surface area contributed by atoms with Gasteiger partial charge in [0.1, 0.15) is 11.9 Å². The summed E-state index contributed by atoms with van der Waals surface area (Å²) in [5.74, 6) is -0.507. The molecule has 0 radical (unpaired) electrons. The summed E-state index contributed by atoms with van der Waals surface area (Å²) in [5.41, 5.74) is 1.64. The van der Waals surface area contributed by atoms with E-state index in [9.17, 15) is 4.39 Å². The molecule has 0 aromatic heterocycles. The summed E-state index contributed by atoms with van der Waals surface area (Å²) in [6, 6.07) is 11.8. The summed E-state index contributed by atoms with van der Waals surface area (Å²) in [5, 5.41) is 12.5. The third-order valence-electron chi connectivity index (χ3n) is 2.57. The molecular formula is C14H9BrClFN2. The average Bonchev–Trinajstić information content (AvgIpc) is 2.39. The molecule has 2 nitrogen and oxygen atoms in total. The lowest BCUT2D eigenvalue weighted by molar-refractivity contribution is 0.623. The van der Waals surface area contributed by atoms with Crippen LogP contribution in [0.25, 0.3) is 0 Å². The molecular weight excluding hydrogens is 331 g/mol. The van der Waals surface area contributed by atoms with Crippen molar-refractivity contribution in [2.75, 3.05) is 5.32 Å². The van der Waals surface area contributed by atoms with Crippen molar-refractivity contribution in [2.24, 2.45) is 0 Å². The van der Waals surface area contributed by atoms with Crippen LogP contribution in [0.3, 0.4) is 0 Å². The zero-order chi connectivity index (χ0) is 13.8. The molecule has 5 heteroatoms. The first-order chi connectivity index (χ1) is 9.10. The first kappa shape index (κ1) is 13.9. The van der Waals surface area contributed by atoms with Crippen LogP contribution >= 0.6 is 27.5 Å². The van der Waals surface area contributed by atoms with Crippen molar-refractivity contribution in [3.63, 3.8) is 0 Å². The van der Waals surface area contributed by atoms with E-state index >= 15 is 0 Å². The van der Waals surface area contributed by atoms with E-state index in [1.54, 1.807) is 12.1 Å². The molecule has 0 fully saturated rings. The lowest BCUT2D eigenvalue weighted by Crippen LogP contribution is -2.01. The first-order valence-corrected chi connectivity index (χ1v) is 6.64. The summed E-state index contributed by atoms with van der Waals surface area (Å²) >= 11 is 9.40. The van der Waals surface area contributed by atoms with Crippen LogP contribution in [0.4, 0.5) is 10.1 Å². The van der Waals surface area contributed by atoms with Gasteiger partial charge in [-0.2, -0.15) is 5.26 Å². The van der Waals surface area contributed by atoms with E-state index in [4.69, 9.17) is 16.9 Å². The lowest BCUT2D eigenvalue weighted by atomic mass is 10.1. The number of hydrogen-bond donors (Lipinski definition) is 1. The van der Waals surface area contributed by atoms with Gasteiger partial charge in [0.05, 0.1) is 16.3 Å². The molecule has 2 rings (SSSR count). The van der Waals surface area contributed by atoms with Crippen LogP contribution in [0.15, 0.2) is 40.9 Å². The van der Waals surface area contributed by atoms with Gasteiger partial charge in [0, 0.05) is 11.0 Å². The summed E-state index contributed by atoms with van der Waals surface area (Å²) < 4.78 is 14.1. The number of rotatable bonds is 3. The number of benzene rings is 2. The zero-order valence-electron chi connectivity index (χ0n) is 9.75. The van der Waals surface area contributed by atoms with Gasteiger partial charge in [-0.05, 0) is 35.9 Å². The van der Waals surface area contributed by atoms with Gasteiger partial charge in [-0.15, -0.1) is 0 Å². The first-order valence-electron chi connectivity index (χ1n) is 5.47. The van der Waals surface area contributed by atoms with Gasteiger partial charge in [-0.3, -0.25) is 0 Å². The van der Waals surface area contributed by atoms with Gasteiger partial charge in [-0.25, -0.2) is 4.39 Å². The maximum absolute atomic E-state index is 13.2. The molecule has 1 N–H and O–H groups in total. The van der Waals surface area contributed by atoms with Crippen molar-refractivity contribution in [3.05, 3.63) is 62.8 Å². The maximum atomic E-state index is 13.2. The molecule has 19 heavy (non-hydrogen) atoms. The number of nitrogens with zero attached hydrogens (tertiary/aromatic N) is 1. The van der Waals surface area contributed by atoms with Crippen LogP contribution in [0.2, 0.25) is 5.02 Å². The molecule has 2 aromatic rings. The van der Waals surface area contributed by atoms with Gasteiger partial charge in [-0.1, -0.05) is 33.6 Å². The predicted molar refractivity (Wildman–Crippen MR) is 77.6 cm³/mol. The summed E-state index contributed by atoms with van der Waals surface area (Å²) in [6.07, 6.45) is 0. The topological polar surface area (TPSA) is 35.8 Å². The largest absolute Gasteiger partial charge is 0.380 e. The molecule has 0 spiro atoms.